The second-order valence-electron chi connectivity index (χ2n) is 5.05. The Morgan fingerprint density at radius 1 is 1.41 bits per heavy atom. The zero-order valence-electron chi connectivity index (χ0n) is 12.0. The fourth-order valence-corrected chi connectivity index (χ4v) is 2.69. The lowest BCUT2D eigenvalue weighted by molar-refractivity contribution is 0.935. The number of halogens is 2. The monoisotopic (exact) mass is 376 g/mol. The highest BCUT2D eigenvalue weighted by molar-refractivity contribution is 9.10. The molecule has 2 aromatic heterocycles. The number of nitrogens with zero attached hydrogens (tertiary/aromatic N) is 3. The van der Waals surface area contributed by atoms with Gasteiger partial charge in [0.15, 0.2) is 5.65 Å². The zero-order valence-corrected chi connectivity index (χ0v) is 14.3. The SMILES string of the molecule is C=C(C)CNc1cc(-c2ccccc2Cl)nc2c(Br)cnn12. The van der Waals surface area contributed by atoms with Crippen molar-refractivity contribution >= 4 is 39.0 Å². The number of anilines is 1. The quantitative estimate of drug-likeness (QED) is 0.664. The van der Waals surface area contributed by atoms with Crippen LogP contribution in [-0.4, -0.2) is 21.1 Å². The van der Waals surface area contributed by atoms with Crippen molar-refractivity contribution in [2.24, 2.45) is 0 Å². The molecule has 0 aliphatic heterocycles. The van der Waals surface area contributed by atoms with Gasteiger partial charge >= 0.3 is 0 Å². The maximum Gasteiger partial charge on any atom is 0.172 e. The summed E-state index contributed by atoms with van der Waals surface area (Å²) in [5.41, 5.74) is 3.46. The fraction of sp³-hybridized carbons (Fsp3) is 0.125. The third-order valence-corrected chi connectivity index (χ3v) is 4.04. The van der Waals surface area contributed by atoms with Gasteiger partial charge < -0.3 is 5.32 Å². The molecular formula is C16H14BrClN4. The topological polar surface area (TPSA) is 42.2 Å². The Kier molecular flexibility index (Phi) is 4.18. The van der Waals surface area contributed by atoms with E-state index >= 15 is 0 Å². The lowest BCUT2D eigenvalue weighted by Gasteiger charge is -2.11. The van der Waals surface area contributed by atoms with Crippen LogP contribution < -0.4 is 5.32 Å². The summed E-state index contributed by atoms with van der Waals surface area (Å²) in [6, 6.07) is 9.60. The lowest BCUT2D eigenvalue weighted by atomic mass is 10.1. The van der Waals surface area contributed by atoms with E-state index in [0.29, 0.717) is 11.6 Å². The van der Waals surface area contributed by atoms with Crippen LogP contribution >= 0.6 is 27.5 Å². The van der Waals surface area contributed by atoms with Gasteiger partial charge in [-0.2, -0.15) is 9.61 Å². The highest BCUT2D eigenvalue weighted by atomic mass is 79.9. The smallest absolute Gasteiger partial charge is 0.172 e. The molecule has 0 atom stereocenters. The molecule has 3 rings (SSSR count). The van der Waals surface area contributed by atoms with E-state index in [1.807, 2.05) is 37.3 Å². The van der Waals surface area contributed by atoms with E-state index in [-0.39, 0.29) is 0 Å². The molecule has 0 aliphatic rings. The molecular weight excluding hydrogens is 364 g/mol. The molecule has 4 nitrogen and oxygen atoms in total. The largest absolute Gasteiger partial charge is 0.366 e. The van der Waals surface area contributed by atoms with Crippen LogP contribution in [0.1, 0.15) is 6.92 Å². The van der Waals surface area contributed by atoms with E-state index in [1.54, 1.807) is 10.7 Å². The van der Waals surface area contributed by atoms with E-state index in [2.05, 4.69) is 37.9 Å². The molecule has 0 spiro atoms. The van der Waals surface area contributed by atoms with Crippen LogP contribution in [-0.2, 0) is 0 Å². The number of benzene rings is 1. The summed E-state index contributed by atoms with van der Waals surface area (Å²) in [4.78, 5) is 4.66. The van der Waals surface area contributed by atoms with Gasteiger partial charge in [-0.3, -0.25) is 0 Å². The Labute approximate surface area is 142 Å². The Morgan fingerprint density at radius 2 is 2.18 bits per heavy atom. The molecule has 0 saturated carbocycles. The standard InChI is InChI=1S/C16H14BrClN4/c1-10(2)8-19-15-7-14(11-5-3-4-6-13(11)18)21-16-12(17)9-20-22(15)16/h3-7,9,19H,1,8H2,2H3. The van der Waals surface area contributed by atoms with E-state index in [0.717, 1.165) is 32.8 Å². The Morgan fingerprint density at radius 3 is 2.91 bits per heavy atom. The third kappa shape index (κ3) is 2.87. The molecule has 1 N–H and O–H groups in total. The molecule has 0 radical (unpaired) electrons. The Bertz CT molecular complexity index is 856. The van der Waals surface area contributed by atoms with Crippen molar-refractivity contribution in [3.05, 3.63) is 58.2 Å². The van der Waals surface area contributed by atoms with Gasteiger partial charge in [0, 0.05) is 23.2 Å². The molecule has 0 bridgehead atoms. The van der Waals surface area contributed by atoms with Gasteiger partial charge in [-0.25, -0.2) is 4.98 Å². The summed E-state index contributed by atoms with van der Waals surface area (Å²) < 4.78 is 2.59. The molecule has 0 aliphatic carbocycles. The van der Waals surface area contributed by atoms with Crippen molar-refractivity contribution in [2.75, 3.05) is 11.9 Å². The number of hydrogen-bond acceptors (Lipinski definition) is 3. The predicted molar refractivity (Wildman–Crippen MR) is 94.4 cm³/mol. The molecule has 0 amide bonds. The van der Waals surface area contributed by atoms with Crippen LogP contribution in [0.4, 0.5) is 5.82 Å². The molecule has 22 heavy (non-hydrogen) atoms. The van der Waals surface area contributed by atoms with Gasteiger partial charge in [0.1, 0.15) is 5.82 Å². The maximum absolute atomic E-state index is 6.29. The summed E-state index contributed by atoms with van der Waals surface area (Å²) >= 11 is 9.78. The van der Waals surface area contributed by atoms with Crippen molar-refractivity contribution in [1.82, 2.24) is 14.6 Å². The number of fused-ring (bicyclic) bond motifs is 1. The van der Waals surface area contributed by atoms with Gasteiger partial charge in [0.05, 0.1) is 16.4 Å². The first kappa shape index (κ1) is 15.1. The molecule has 112 valence electrons. The van der Waals surface area contributed by atoms with Gasteiger partial charge in [-0.1, -0.05) is 42.0 Å². The fourth-order valence-electron chi connectivity index (χ4n) is 2.11. The summed E-state index contributed by atoms with van der Waals surface area (Å²) in [5.74, 6) is 0.841. The van der Waals surface area contributed by atoms with Gasteiger partial charge in [0.25, 0.3) is 0 Å². The average molecular weight is 378 g/mol. The first-order valence-electron chi connectivity index (χ1n) is 6.73. The van der Waals surface area contributed by atoms with Crippen molar-refractivity contribution < 1.29 is 0 Å². The minimum atomic E-state index is 0.665. The van der Waals surface area contributed by atoms with Gasteiger partial charge in [0.2, 0.25) is 0 Å². The minimum absolute atomic E-state index is 0.665. The number of rotatable bonds is 4. The summed E-state index contributed by atoms with van der Waals surface area (Å²) in [5, 5.41) is 8.33. The van der Waals surface area contributed by atoms with Gasteiger partial charge in [-0.05, 0) is 28.9 Å². The van der Waals surface area contributed by atoms with Crippen LogP contribution in [0.2, 0.25) is 5.02 Å². The molecule has 2 heterocycles. The number of aromatic nitrogens is 3. The predicted octanol–water partition coefficient (Wildman–Crippen LogP) is 4.80. The summed E-state index contributed by atoms with van der Waals surface area (Å²) in [7, 11) is 0. The minimum Gasteiger partial charge on any atom is -0.366 e. The summed E-state index contributed by atoms with van der Waals surface area (Å²) in [6.45, 7) is 6.55. The highest BCUT2D eigenvalue weighted by Crippen LogP contribution is 2.30. The molecule has 6 heteroatoms. The average Bonchev–Trinajstić information content (AvgIpc) is 2.87. The second kappa shape index (κ2) is 6.10. The zero-order chi connectivity index (χ0) is 15.7. The number of hydrogen-bond donors (Lipinski definition) is 1. The van der Waals surface area contributed by atoms with Crippen LogP contribution in [0.5, 0.6) is 0 Å². The Balaban J connectivity index is 2.17. The summed E-state index contributed by atoms with van der Waals surface area (Å²) in [6.07, 6.45) is 1.73. The molecule has 3 aromatic rings. The molecule has 1 aromatic carbocycles. The second-order valence-corrected chi connectivity index (χ2v) is 6.31. The van der Waals surface area contributed by atoms with Crippen LogP contribution in [0.3, 0.4) is 0 Å². The van der Waals surface area contributed by atoms with E-state index in [9.17, 15) is 0 Å². The highest BCUT2D eigenvalue weighted by Gasteiger charge is 2.12. The third-order valence-electron chi connectivity index (χ3n) is 3.15. The van der Waals surface area contributed by atoms with Crippen LogP contribution in [0.15, 0.2) is 53.2 Å². The first-order valence-corrected chi connectivity index (χ1v) is 7.91. The molecule has 0 saturated heterocycles. The van der Waals surface area contributed by atoms with Crippen molar-refractivity contribution in [3.63, 3.8) is 0 Å². The molecule has 0 unspecified atom stereocenters. The van der Waals surface area contributed by atoms with Crippen LogP contribution in [0, 0.1) is 0 Å². The van der Waals surface area contributed by atoms with E-state index in [1.165, 1.54) is 0 Å². The normalized spacial score (nSPS) is 10.9. The lowest BCUT2D eigenvalue weighted by Crippen LogP contribution is -2.08. The molecule has 0 fully saturated rings. The maximum atomic E-state index is 6.29. The van der Waals surface area contributed by atoms with E-state index < -0.39 is 0 Å². The van der Waals surface area contributed by atoms with Gasteiger partial charge in [-0.15, -0.1) is 0 Å². The first-order chi connectivity index (χ1) is 10.6. The van der Waals surface area contributed by atoms with Crippen molar-refractivity contribution in [3.8, 4) is 11.3 Å². The van der Waals surface area contributed by atoms with Crippen molar-refractivity contribution in [1.29, 1.82) is 0 Å². The number of nitrogens with one attached hydrogen (secondary N) is 1. The van der Waals surface area contributed by atoms with Crippen molar-refractivity contribution in [2.45, 2.75) is 6.92 Å². The van der Waals surface area contributed by atoms with E-state index in [4.69, 9.17) is 11.6 Å². The van der Waals surface area contributed by atoms with Crippen LogP contribution in [0.25, 0.3) is 16.9 Å². The Hall–Kier alpha value is -1.85.